The van der Waals surface area contributed by atoms with Crippen LogP contribution in [-0.2, 0) is 16.6 Å². The Morgan fingerprint density at radius 3 is 2.37 bits per heavy atom. The van der Waals surface area contributed by atoms with E-state index in [2.05, 4.69) is 10.3 Å². The zero-order chi connectivity index (χ0) is 20.1. The minimum atomic E-state index is -5.24. The van der Waals surface area contributed by atoms with Crippen molar-refractivity contribution in [3.63, 3.8) is 0 Å². The summed E-state index contributed by atoms with van der Waals surface area (Å²) in [6.45, 7) is 0.966. The van der Waals surface area contributed by atoms with Crippen LogP contribution in [-0.4, -0.2) is 62.8 Å². The van der Waals surface area contributed by atoms with Gasteiger partial charge in [0, 0.05) is 40.3 Å². The van der Waals surface area contributed by atoms with Crippen LogP contribution in [0.5, 0.6) is 0 Å². The Morgan fingerprint density at radius 1 is 1.26 bits per heavy atom. The van der Waals surface area contributed by atoms with Crippen molar-refractivity contribution in [3.05, 3.63) is 35.9 Å². The minimum Gasteiger partial charge on any atom is -0.356 e. The SMILES string of the molecule is CN=C(NCC1CCN(S(=O)(=O)C(F)(F)F)CC1)N(C)Cc1ccccc1. The molecule has 0 unspecified atom stereocenters. The molecule has 0 amide bonds. The summed E-state index contributed by atoms with van der Waals surface area (Å²) in [5.41, 5.74) is -4.10. The molecule has 1 saturated heterocycles. The second-order valence-corrected chi connectivity index (χ2v) is 8.49. The minimum absolute atomic E-state index is 0.0894. The van der Waals surface area contributed by atoms with E-state index in [1.165, 1.54) is 0 Å². The van der Waals surface area contributed by atoms with Crippen molar-refractivity contribution in [2.75, 3.05) is 33.7 Å². The van der Waals surface area contributed by atoms with Gasteiger partial charge in [0.15, 0.2) is 5.96 Å². The molecule has 0 aromatic heterocycles. The Hall–Kier alpha value is -1.81. The van der Waals surface area contributed by atoms with Crippen molar-refractivity contribution >= 4 is 16.0 Å². The molecule has 1 heterocycles. The molecular formula is C17H25F3N4O2S. The largest absolute Gasteiger partial charge is 0.511 e. The van der Waals surface area contributed by atoms with E-state index in [-0.39, 0.29) is 19.0 Å². The average Bonchev–Trinajstić information content (AvgIpc) is 2.62. The number of aliphatic imine (C=N–C) groups is 1. The molecule has 0 saturated carbocycles. The molecule has 1 aromatic carbocycles. The summed E-state index contributed by atoms with van der Waals surface area (Å²) in [7, 11) is -1.65. The third-order valence-corrected chi connectivity index (χ3v) is 6.22. The van der Waals surface area contributed by atoms with Gasteiger partial charge in [-0.05, 0) is 24.3 Å². The fraction of sp³-hybridized carbons (Fsp3) is 0.588. The van der Waals surface area contributed by atoms with Gasteiger partial charge in [0.05, 0.1) is 0 Å². The standard InChI is InChI=1S/C17H25F3N4O2S/c1-21-16(23(2)13-15-6-4-3-5-7-15)22-12-14-8-10-24(11-9-14)27(25,26)17(18,19)20/h3-7,14H,8-13H2,1-2H3,(H,21,22). The third kappa shape index (κ3) is 5.58. The summed E-state index contributed by atoms with van der Waals surface area (Å²) in [5, 5.41) is 3.23. The first-order valence-electron chi connectivity index (χ1n) is 8.67. The highest BCUT2D eigenvalue weighted by Gasteiger charge is 2.50. The van der Waals surface area contributed by atoms with Crippen molar-refractivity contribution in [3.8, 4) is 0 Å². The summed E-state index contributed by atoms with van der Waals surface area (Å²) in [5.74, 6) is 0.774. The summed E-state index contributed by atoms with van der Waals surface area (Å²) in [4.78, 5) is 6.19. The second-order valence-electron chi connectivity index (χ2n) is 6.56. The van der Waals surface area contributed by atoms with Crippen molar-refractivity contribution < 1.29 is 21.6 Å². The Bertz CT molecular complexity index is 730. The molecule has 1 aliphatic rings. The Labute approximate surface area is 158 Å². The molecule has 2 rings (SSSR count). The van der Waals surface area contributed by atoms with Crippen LogP contribution in [0, 0.1) is 5.92 Å². The molecule has 1 fully saturated rings. The predicted molar refractivity (Wildman–Crippen MR) is 98.5 cm³/mol. The lowest BCUT2D eigenvalue weighted by Crippen LogP contribution is -2.47. The van der Waals surface area contributed by atoms with Gasteiger partial charge in [-0.2, -0.15) is 17.5 Å². The van der Waals surface area contributed by atoms with Crippen LogP contribution < -0.4 is 5.32 Å². The zero-order valence-corrected chi connectivity index (χ0v) is 16.2. The highest BCUT2D eigenvalue weighted by atomic mass is 32.2. The van der Waals surface area contributed by atoms with Gasteiger partial charge in [0.2, 0.25) is 0 Å². The van der Waals surface area contributed by atoms with Crippen molar-refractivity contribution in [1.82, 2.24) is 14.5 Å². The van der Waals surface area contributed by atoms with Crippen molar-refractivity contribution in [1.29, 1.82) is 0 Å². The summed E-state index contributed by atoms with van der Waals surface area (Å²) >= 11 is 0. The number of halogens is 3. The summed E-state index contributed by atoms with van der Waals surface area (Å²) in [6, 6.07) is 9.90. The van der Waals surface area contributed by atoms with Crippen LogP contribution in [0.25, 0.3) is 0 Å². The van der Waals surface area contributed by atoms with E-state index in [4.69, 9.17) is 0 Å². The molecule has 1 aliphatic heterocycles. The number of sulfonamides is 1. The number of rotatable bonds is 5. The average molecular weight is 406 g/mol. The number of alkyl halides is 3. The lowest BCUT2D eigenvalue weighted by molar-refractivity contribution is -0.0496. The van der Waals surface area contributed by atoms with Gasteiger partial charge in [-0.15, -0.1) is 0 Å². The molecule has 6 nitrogen and oxygen atoms in total. The fourth-order valence-electron chi connectivity index (χ4n) is 3.05. The maximum atomic E-state index is 12.6. The Balaban J connectivity index is 1.83. The highest BCUT2D eigenvalue weighted by Crippen LogP contribution is 2.30. The first kappa shape index (κ1) is 21.5. The maximum absolute atomic E-state index is 12.6. The van der Waals surface area contributed by atoms with E-state index in [1.54, 1.807) is 7.05 Å². The van der Waals surface area contributed by atoms with Gasteiger partial charge < -0.3 is 10.2 Å². The van der Waals surface area contributed by atoms with Crippen LogP contribution in [0.4, 0.5) is 13.2 Å². The fourth-order valence-corrected chi connectivity index (χ4v) is 4.04. The smallest absolute Gasteiger partial charge is 0.356 e. The molecule has 0 atom stereocenters. The summed E-state index contributed by atoms with van der Waals surface area (Å²) < 4.78 is 61.3. The molecule has 10 heteroatoms. The molecule has 152 valence electrons. The van der Waals surface area contributed by atoms with Gasteiger partial charge in [-0.25, -0.2) is 8.42 Å². The number of nitrogens with one attached hydrogen (secondary N) is 1. The van der Waals surface area contributed by atoms with Crippen LogP contribution >= 0.6 is 0 Å². The topological polar surface area (TPSA) is 65.0 Å². The van der Waals surface area contributed by atoms with E-state index in [9.17, 15) is 21.6 Å². The molecule has 1 aromatic rings. The van der Waals surface area contributed by atoms with Crippen LogP contribution in [0.3, 0.4) is 0 Å². The number of benzene rings is 1. The van der Waals surface area contributed by atoms with Gasteiger partial charge in [-0.3, -0.25) is 4.99 Å². The van der Waals surface area contributed by atoms with Gasteiger partial charge in [0.25, 0.3) is 0 Å². The first-order chi connectivity index (χ1) is 12.6. The normalized spacial score (nSPS) is 17.7. The number of hydrogen-bond acceptors (Lipinski definition) is 3. The van der Waals surface area contributed by atoms with E-state index >= 15 is 0 Å². The Morgan fingerprint density at radius 2 is 1.85 bits per heavy atom. The van der Waals surface area contributed by atoms with Gasteiger partial charge in [0.1, 0.15) is 0 Å². The molecular weight excluding hydrogens is 381 g/mol. The maximum Gasteiger partial charge on any atom is 0.511 e. The number of hydrogen-bond donors (Lipinski definition) is 1. The number of piperidine rings is 1. The second kappa shape index (κ2) is 8.92. The van der Waals surface area contributed by atoms with E-state index < -0.39 is 15.5 Å². The monoisotopic (exact) mass is 406 g/mol. The quantitative estimate of drug-likeness (QED) is 0.602. The van der Waals surface area contributed by atoms with Crippen LogP contribution in [0.2, 0.25) is 0 Å². The highest BCUT2D eigenvalue weighted by molar-refractivity contribution is 7.90. The van der Waals surface area contributed by atoms with Crippen molar-refractivity contribution in [2.45, 2.75) is 24.9 Å². The molecule has 0 bridgehead atoms. The molecule has 1 N–H and O–H groups in total. The van der Waals surface area contributed by atoms with E-state index in [1.807, 2.05) is 42.3 Å². The van der Waals surface area contributed by atoms with Crippen LogP contribution in [0.15, 0.2) is 35.3 Å². The molecule has 0 spiro atoms. The lowest BCUT2D eigenvalue weighted by Gasteiger charge is -2.32. The molecule has 0 aliphatic carbocycles. The third-order valence-electron chi connectivity index (χ3n) is 4.59. The van der Waals surface area contributed by atoms with Gasteiger partial charge in [-0.1, -0.05) is 30.3 Å². The molecule has 27 heavy (non-hydrogen) atoms. The van der Waals surface area contributed by atoms with Crippen molar-refractivity contribution in [2.24, 2.45) is 10.9 Å². The lowest BCUT2D eigenvalue weighted by atomic mass is 9.98. The Kier molecular flexibility index (Phi) is 7.10. The number of nitrogens with zero attached hydrogens (tertiary/aromatic N) is 3. The first-order valence-corrected chi connectivity index (χ1v) is 10.1. The predicted octanol–water partition coefficient (Wildman–Crippen LogP) is 2.26. The van der Waals surface area contributed by atoms with Gasteiger partial charge >= 0.3 is 15.5 Å². The molecule has 0 radical (unpaired) electrons. The number of guanidine groups is 1. The van der Waals surface area contributed by atoms with E-state index in [0.717, 1.165) is 5.56 Å². The summed E-state index contributed by atoms with van der Waals surface area (Å²) in [6.07, 6.45) is 0.753. The van der Waals surface area contributed by atoms with Crippen LogP contribution in [0.1, 0.15) is 18.4 Å². The zero-order valence-electron chi connectivity index (χ0n) is 15.4. The van der Waals surface area contributed by atoms with E-state index in [0.29, 0.717) is 36.2 Å².